The van der Waals surface area contributed by atoms with Gasteiger partial charge in [-0.1, -0.05) is 13.8 Å². The van der Waals surface area contributed by atoms with Gasteiger partial charge in [-0.3, -0.25) is 7.05 Å². The van der Waals surface area contributed by atoms with E-state index in [1.165, 1.54) is 32.5 Å². The van der Waals surface area contributed by atoms with Gasteiger partial charge in [-0.25, -0.2) is 0 Å². The number of likely N-dealkylation sites (tertiary alicyclic amines) is 1. The Labute approximate surface area is 133 Å². The number of hydrogen-bond donors (Lipinski definition) is 1. The van der Waals surface area contributed by atoms with E-state index < -0.39 is 0 Å². The van der Waals surface area contributed by atoms with E-state index in [2.05, 4.69) is 36.0 Å². The topological polar surface area (TPSA) is 18.5 Å². The molecule has 2 saturated heterocycles. The smallest absolute Gasteiger partial charge is 0.00555 e. The Kier molecular flexibility index (Phi) is 11.5. The first kappa shape index (κ1) is 18.0. The minimum absolute atomic E-state index is 0. The molecule has 0 spiro atoms. The van der Waals surface area contributed by atoms with Crippen LogP contribution in [-0.4, -0.2) is 55.6 Å². The minimum atomic E-state index is 0. The van der Waals surface area contributed by atoms with E-state index >= 15 is 0 Å². The Hall–Kier alpha value is 0.984. The number of rotatable bonds is 2. The maximum atomic E-state index is 3.79. The third-order valence-corrected chi connectivity index (χ3v) is 3.03. The Bertz CT molecular complexity index is 164. The van der Waals surface area contributed by atoms with Crippen LogP contribution in [-0.2, 0) is 32.7 Å². The zero-order valence-electron chi connectivity index (χ0n) is 11.6. The van der Waals surface area contributed by atoms with E-state index in [-0.39, 0.29) is 32.7 Å². The second kappa shape index (κ2) is 10.9. The van der Waals surface area contributed by atoms with E-state index in [1.54, 1.807) is 0 Å². The molecule has 0 unspecified atom stereocenters. The summed E-state index contributed by atoms with van der Waals surface area (Å²) in [7, 11) is 3.79. The molecule has 2 aliphatic heterocycles. The minimum Gasteiger partial charge on any atom is -0.457 e. The summed E-state index contributed by atoms with van der Waals surface area (Å²) in [5.74, 6) is 0.850. The van der Waals surface area contributed by atoms with Crippen molar-refractivity contribution in [2.75, 3.05) is 45.8 Å². The van der Waals surface area contributed by atoms with Crippen molar-refractivity contribution in [1.82, 2.24) is 15.1 Å². The molecule has 1 radical (unpaired) electrons. The van der Waals surface area contributed by atoms with Crippen LogP contribution in [0.1, 0.15) is 26.7 Å². The number of hydrogen-bond acceptors (Lipinski definition) is 3. The number of piperazine rings is 1. The molecule has 0 saturated carbocycles. The molecule has 2 rings (SSSR count). The van der Waals surface area contributed by atoms with Gasteiger partial charge in [0.1, 0.15) is 0 Å². The van der Waals surface area contributed by atoms with Crippen molar-refractivity contribution >= 4 is 0 Å². The van der Waals surface area contributed by atoms with Crippen LogP contribution in [0.25, 0.3) is 0 Å². The molecule has 0 bridgehead atoms. The zero-order valence-corrected chi connectivity index (χ0v) is 14.5. The van der Waals surface area contributed by atoms with Crippen LogP contribution < -0.4 is 5.32 Å². The first-order valence-corrected chi connectivity index (χ1v) is 6.67. The van der Waals surface area contributed by atoms with Crippen molar-refractivity contribution in [2.24, 2.45) is 5.92 Å². The summed E-state index contributed by atoms with van der Waals surface area (Å²) in [6.07, 6.45) is 2.85. The summed E-state index contributed by atoms with van der Waals surface area (Å²) in [6, 6.07) is 0. The summed E-state index contributed by atoms with van der Waals surface area (Å²) in [6.45, 7) is 13.0. The van der Waals surface area contributed by atoms with E-state index in [9.17, 15) is 0 Å². The van der Waals surface area contributed by atoms with Crippen LogP contribution in [0.2, 0.25) is 0 Å². The van der Waals surface area contributed by atoms with Gasteiger partial charge in [-0.15, -0.1) is 0 Å². The number of nitrogens with zero attached hydrogens (tertiary/aromatic N) is 2. The van der Waals surface area contributed by atoms with E-state index in [0.717, 1.165) is 32.1 Å². The molecule has 0 aliphatic carbocycles. The van der Waals surface area contributed by atoms with Crippen LogP contribution in [0, 0.1) is 13.0 Å². The molecule has 2 fully saturated rings. The molecular formula is C13H28N3Y-. The van der Waals surface area contributed by atoms with Gasteiger partial charge < -0.3 is 15.1 Å². The van der Waals surface area contributed by atoms with E-state index in [0.29, 0.717) is 0 Å². The molecule has 2 aliphatic rings. The molecule has 0 aromatic carbocycles. The summed E-state index contributed by atoms with van der Waals surface area (Å²) >= 11 is 0. The quantitative estimate of drug-likeness (QED) is 0.778. The number of nitrogens with one attached hydrogen (secondary N) is 1. The summed E-state index contributed by atoms with van der Waals surface area (Å²) in [5, 5.41) is 3.23. The van der Waals surface area contributed by atoms with Crippen molar-refractivity contribution in [3.8, 4) is 0 Å². The third-order valence-electron chi connectivity index (χ3n) is 3.03. The Morgan fingerprint density at radius 1 is 1.06 bits per heavy atom. The van der Waals surface area contributed by atoms with Crippen molar-refractivity contribution in [3.05, 3.63) is 7.05 Å². The maximum Gasteiger partial charge on any atom is 0.00555 e. The molecule has 0 amide bonds. The van der Waals surface area contributed by atoms with Gasteiger partial charge in [0.2, 0.25) is 0 Å². The Balaban J connectivity index is 0.000000292. The third kappa shape index (κ3) is 9.55. The SMILES string of the molecule is CC(C)CN1CCCC1.[CH2-]N1CCNCC1.[Y]. The molecule has 0 aromatic rings. The van der Waals surface area contributed by atoms with Gasteiger partial charge in [-0.2, -0.15) is 0 Å². The second-order valence-corrected chi connectivity index (χ2v) is 5.27. The second-order valence-electron chi connectivity index (χ2n) is 5.27. The van der Waals surface area contributed by atoms with E-state index in [4.69, 9.17) is 0 Å². The fraction of sp³-hybridized carbons (Fsp3) is 0.923. The molecule has 1 N–H and O–H groups in total. The molecule has 99 valence electrons. The molecule has 3 nitrogen and oxygen atoms in total. The van der Waals surface area contributed by atoms with Crippen molar-refractivity contribution in [2.45, 2.75) is 26.7 Å². The fourth-order valence-corrected chi connectivity index (χ4v) is 2.19. The van der Waals surface area contributed by atoms with Crippen LogP contribution in [0.3, 0.4) is 0 Å². The molecule has 0 atom stereocenters. The van der Waals surface area contributed by atoms with Gasteiger partial charge in [-0.05, 0) is 44.9 Å². The van der Waals surface area contributed by atoms with Gasteiger partial charge >= 0.3 is 0 Å². The first-order chi connectivity index (χ1) is 7.68. The summed E-state index contributed by atoms with van der Waals surface area (Å²) < 4.78 is 0. The van der Waals surface area contributed by atoms with Crippen LogP contribution in [0.15, 0.2) is 0 Å². The first-order valence-electron chi connectivity index (χ1n) is 6.67. The van der Waals surface area contributed by atoms with Gasteiger partial charge in [0.15, 0.2) is 0 Å². The van der Waals surface area contributed by atoms with E-state index in [1.807, 2.05) is 0 Å². The zero-order chi connectivity index (χ0) is 11.8. The van der Waals surface area contributed by atoms with Crippen LogP contribution >= 0.6 is 0 Å². The standard InChI is InChI=1S/C8H17N.C5H11N2.Y/c1-8(2)7-9-5-3-4-6-9;1-7-4-2-6-3-5-7;/h8H,3-7H2,1-2H3;6H,1-5H2;/q;-1;. The van der Waals surface area contributed by atoms with Crippen LogP contribution in [0.5, 0.6) is 0 Å². The Morgan fingerprint density at radius 2 is 1.59 bits per heavy atom. The Morgan fingerprint density at radius 3 is 1.94 bits per heavy atom. The van der Waals surface area contributed by atoms with Gasteiger partial charge in [0.25, 0.3) is 0 Å². The predicted molar refractivity (Wildman–Crippen MR) is 70.3 cm³/mol. The largest absolute Gasteiger partial charge is 0.457 e. The van der Waals surface area contributed by atoms with Gasteiger partial charge in [0, 0.05) is 52.3 Å². The van der Waals surface area contributed by atoms with Crippen molar-refractivity contribution in [3.63, 3.8) is 0 Å². The monoisotopic (exact) mass is 315 g/mol. The van der Waals surface area contributed by atoms with Crippen LogP contribution in [0.4, 0.5) is 0 Å². The molecule has 2 heterocycles. The average molecular weight is 315 g/mol. The van der Waals surface area contributed by atoms with Gasteiger partial charge in [0.05, 0.1) is 0 Å². The predicted octanol–water partition coefficient (Wildman–Crippen LogP) is 1.42. The normalized spacial score (nSPS) is 21.9. The van der Waals surface area contributed by atoms with Crippen molar-refractivity contribution in [1.29, 1.82) is 0 Å². The van der Waals surface area contributed by atoms with Crippen molar-refractivity contribution < 1.29 is 32.7 Å². The molecule has 4 heteroatoms. The summed E-state index contributed by atoms with van der Waals surface area (Å²) in [4.78, 5) is 4.64. The molecule has 0 aromatic heterocycles. The summed E-state index contributed by atoms with van der Waals surface area (Å²) in [5.41, 5.74) is 0. The maximum absolute atomic E-state index is 3.79. The molecule has 17 heavy (non-hydrogen) atoms. The average Bonchev–Trinajstić information content (AvgIpc) is 2.71. The molecular weight excluding hydrogens is 287 g/mol. The fourth-order valence-electron chi connectivity index (χ4n) is 2.19.